The van der Waals surface area contributed by atoms with Crippen LogP contribution in [0.15, 0.2) is 73.3 Å². The lowest BCUT2D eigenvalue weighted by Crippen LogP contribution is -1.87. The van der Waals surface area contributed by atoms with Crippen molar-refractivity contribution in [1.82, 2.24) is 0 Å². The molecule has 0 spiro atoms. The van der Waals surface area contributed by atoms with Gasteiger partial charge in [0.15, 0.2) is 0 Å². The summed E-state index contributed by atoms with van der Waals surface area (Å²) in [4.78, 5) is 0. The Morgan fingerprint density at radius 1 is 0.737 bits per heavy atom. The summed E-state index contributed by atoms with van der Waals surface area (Å²) >= 11 is 0. The molecule has 0 unspecified atom stereocenters. The zero-order valence-corrected chi connectivity index (χ0v) is 11.1. The highest BCUT2D eigenvalue weighted by Gasteiger charge is 2.03. The Morgan fingerprint density at radius 3 is 2.11 bits per heavy atom. The summed E-state index contributed by atoms with van der Waals surface area (Å²) in [7, 11) is 0. The van der Waals surface area contributed by atoms with Crippen molar-refractivity contribution in [3.8, 4) is 0 Å². The molecule has 0 fully saturated rings. The molecule has 0 heterocycles. The third-order valence-electron chi connectivity index (χ3n) is 3.50. The third kappa shape index (κ3) is 2.30. The fraction of sp³-hybridized carbons (Fsp3) is 0.0526. The quantitative estimate of drug-likeness (QED) is 0.580. The van der Waals surface area contributed by atoms with Crippen molar-refractivity contribution in [1.29, 1.82) is 0 Å². The van der Waals surface area contributed by atoms with Crippen molar-refractivity contribution < 1.29 is 0 Å². The summed E-state index contributed by atoms with van der Waals surface area (Å²) in [5.74, 6) is 0. The summed E-state index contributed by atoms with van der Waals surface area (Å²) in [6.07, 6.45) is 0. The fourth-order valence-electron chi connectivity index (χ4n) is 2.30. The third-order valence-corrected chi connectivity index (χ3v) is 3.50. The number of hydrogen-bond donors (Lipinski definition) is 0. The van der Waals surface area contributed by atoms with E-state index >= 15 is 0 Å². The second kappa shape index (κ2) is 4.74. The molecule has 0 bridgehead atoms. The molecule has 0 aliphatic rings. The Labute approximate surface area is 114 Å². The molecule has 0 heteroatoms. The minimum atomic E-state index is 1.07. The number of aryl methyl sites for hydroxylation is 1. The molecule has 0 saturated heterocycles. The summed E-state index contributed by atoms with van der Waals surface area (Å²) in [6.45, 7) is 6.33. The lowest BCUT2D eigenvalue weighted by atomic mass is 9.96. The van der Waals surface area contributed by atoms with Gasteiger partial charge in [-0.3, -0.25) is 0 Å². The Bertz CT molecular complexity index is 733. The van der Waals surface area contributed by atoms with Gasteiger partial charge in [0.1, 0.15) is 0 Å². The van der Waals surface area contributed by atoms with E-state index < -0.39 is 0 Å². The van der Waals surface area contributed by atoms with Gasteiger partial charge >= 0.3 is 0 Å². The van der Waals surface area contributed by atoms with Crippen LogP contribution in [0.1, 0.15) is 16.7 Å². The molecule has 0 atom stereocenters. The van der Waals surface area contributed by atoms with Gasteiger partial charge in [-0.1, -0.05) is 72.8 Å². The molecule has 0 nitrogen and oxygen atoms in total. The maximum absolute atomic E-state index is 4.23. The van der Waals surface area contributed by atoms with Gasteiger partial charge < -0.3 is 0 Å². The van der Waals surface area contributed by atoms with E-state index in [1.54, 1.807) is 0 Å². The van der Waals surface area contributed by atoms with Crippen LogP contribution in [0.4, 0.5) is 0 Å². The van der Waals surface area contributed by atoms with Gasteiger partial charge in [-0.25, -0.2) is 0 Å². The van der Waals surface area contributed by atoms with Crippen LogP contribution in [0.3, 0.4) is 0 Å². The van der Waals surface area contributed by atoms with E-state index in [1.165, 1.54) is 27.5 Å². The molecule has 3 rings (SSSR count). The number of rotatable bonds is 2. The highest BCUT2D eigenvalue weighted by Crippen LogP contribution is 2.25. The van der Waals surface area contributed by atoms with Gasteiger partial charge in [0, 0.05) is 0 Å². The van der Waals surface area contributed by atoms with E-state index in [-0.39, 0.29) is 0 Å². The summed E-state index contributed by atoms with van der Waals surface area (Å²) < 4.78 is 0. The van der Waals surface area contributed by atoms with Gasteiger partial charge in [-0.05, 0) is 40.5 Å². The Morgan fingerprint density at radius 2 is 1.37 bits per heavy atom. The standard InChI is InChI=1S/C19H16/c1-14-7-9-16(10-8-14)15(2)18-12-11-17-5-3-4-6-19(17)13-18/h3-13H,2H2,1H3. The van der Waals surface area contributed by atoms with Crippen LogP contribution in [0, 0.1) is 6.92 Å². The molecule has 0 radical (unpaired) electrons. The van der Waals surface area contributed by atoms with Gasteiger partial charge in [-0.15, -0.1) is 0 Å². The minimum absolute atomic E-state index is 1.07. The van der Waals surface area contributed by atoms with E-state index in [1.807, 2.05) is 0 Å². The molecule has 0 aliphatic heterocycles. The molecular formula is C19H16. The van der Waals surface area contributed by atoms with E-state index in [9.17, 15) is 0 Å². The van der Waals surface area contributed by atoms with Crippen molar-refractivity contribution in [2.45, 2.75) is 6.92 Å². The summed E-state index contributed by atoms with van der Waals surface area (Å²) in [6, 6.07) is 23.4. The molecule has 3 aromatic rings. The average Bonchev–Trinajstić information content (AvgIpc) is 2.47. The molecule has 92 valence electrons. The average molecular weight is 244 g/mol. The maximum Gasteiger partial charge on any atom is -0.0178 e. The maximum atomic E-state index is 4.23. The second-order valence-electron chi connectivity index (χ2n) is 4.91. The Kier molecular flexibility index (Phi) is 2.92. The van der Waals surface area contributed by atoms with Gasteiger partial charge in [-0.2, -0.15) is 0 Å². The lowest BCUT2D eigenvalue weighted by Gasteiger charge is -2.08. The van der Waals surface area contributed by atoms with Crippen LogP contribution >= 0.6 is 0 Å². The highest BCUT2D eigenvalue weighted by molar-refractivity contribution is 5.88. The molecular weight excluding hydrogens is 228 g/mol. The Balaban J connectivity index is 2.04. The number of fused-ring (bicyclic) bond motifs is 1. The zero-order valence-electron chi connectivity index (χ0n) is 11.1. The van der Waals surface area contributed by atoms with E-state index in [0.29, 0.717) is 0 Å². The van der Waals surface area contributed by atoms with Crippen LogP contribution in [-0.2, 0) is 0 Å². The normalized spacial score (nSPS) is 10.6. The molecule has 3 aromatic carbocycles. The van der Waals surface area contributed by atoms with E-state index in [2.05, 4.69) is 80.2 Å². The molecule has 0 aromatic heterocycles. The lowest BCUT2D eigenvalue weighted by molar-refractivity contribution is 1.45. The first-order valence-electron chi connectivity index (χ1n) is 6.49. The monoisotopic (exact) mass is 244 g/mol. The zero-order chi connectivity index (χ0) is 13.2. The van der Waals surface area contributed by atoms with Gasteiger partial charge in [0.2, 0.25) is 0 Å². The van der Waals surface area contributed by atoms with E-state index in [4.69, 9.17) is 0 Å². The number of hydrogen-bond acceptors (Lipinski definition) is 0. The van der Waals surface area contributed by atoms with Crippen LogP contribution in [0.5, 0.6) is 0 Å². The second-order valence-corrected chi connectivity index (χ2v) is 4.91. The van der Waals surface area contributed by atoms with Crippen molar-refractivity contribution >= 4 is 16.3 Å². The van der Waals surface area contributed by atoms with Gasteiger partial charge in [0.25, 0.3) is 0 Å². The minimum Gasteiger partial charge on any atom is -0.0906 e. The molecule has 0 saturated carbocycles. The topological polar surface area (TPSA) is 0 Å². The number of benzene rings is 3. The highest BCUT2D eigenvalue weighted by atomic mass is 14.1. The van der Waals surface area contributed by atoms with Crippen molar-refractivity contribution in [2.75, 3.05) is 0 Å². The van der Waals surface area contributed by atoms with E-state index in [0.717, 1.165) is 5.57 Å². The molecule has 0 N–H and O–H groups in total. The smallest absolute Gasteiger partial charge is 0.0178 e. The van der Waals surface area contributed by atoms with Crippen molar-refractivity contribution in [2.24, 2.45) is 0 Å². The van der Waals surface area contributed by atoms with Crippen molar-refractivity contribution in [3.05, 3.63) is 90.0 Å². The summed E-state index contributed by atoms with van der Waals surface area (Å²) in [5.41, 5.74) is 4.71. The fourth-order valence-corrected chi connectivity index (χ4v) is 2.30. The predicted octanol–water partition coefficient (Wildman–Crippen LogP) is 5.21. The van der Waals surface area contributed by atoms with Crippen LogP contribution in [0.2, 0.25) is 0 Å². The molecule has 0 aliphatic carbocycles. The first-order chi connectivity index (χ1) is 9.24. The van der Waals surface area contributed by atoms with Crippen LogP contribution in [-0.4, -0.2) is 0 Å². The van der Waals surface area contributed by atoms with Gasteiger partial charge in [0.05, 0.1) is 0 Å². The summed E-state index contributed by atoms with van der Waals surface area (Å²) in [5, 5.41) is 2.52. The van der Waals surface area contributed by atoms with Crippen molar-refractivity contribution in [3.63, 3.8) is 0 Å². The van der Waals surface area contributed by atoms with Crippen LogP contribution in [0.25, 0.3) is 16.3 Å². The van der Waals surface area contributed by atoms with Crippen LogP contribution < -0.4 is 0 Å². The largest absolute Gasteiger partial charge is 0.0906 e. The molecule has 0 amide bonds. The predicted molar refractivity (Wildman–Crippen MR) is 83.3 cm³/mol. The molecule has 19 heavy (non-hydrogen) atoms. The first kappa shape index (κ1) is 11.7. The SMILES string of the molecule is C=C(c1ccc(C)cc1)c1ccc2ccccc2c1. The Hall–Kier alpha value is -2.34. The first-order valence-corrected chi connectivity index (χ1v) is 6.49.